The monoisotopic (exact) mass is 427 g/mol. The molecular formula is C24H33N3O4. The number of rotatable bonds is 11. The molecule has 3 rings (SSSR count). The topological polar surface area (TPSA) is 66.2 Å². The molecule has 0 bridgehead atoms. The Morgan fingerprint density at radius 1 is 1.03 bits per heavy atom. The van der Waals surface area contributed by atoms with Crippen LogP contribution in [0.1, 0.15) is 35.2 Å². The molecule has 1 aliphatic rings. The van der Waals surface area contributed by atoms with Crippen molar-refractivity contribution in [2.24, 2.45) is 0 Å². The first kappa shape index (κ1) is 23.0. The standard InChI is InChI=1S/C24H33N3O4/c1-25(2)13-14-26(17-20-7-4-3-5-8-20)23(28)10-12-27(18-22-9-6-15-31-22)24(29)21-11-16-30-19-21/h3-5,7-8,11,16,19,22H,6,9-10,12-15,17-18H2,1-2H3/t22-/m0/s1. The predicted octanol–water partition coefficient (Wildman–Crippen LogP) is 2.88. The highest BCUT2D eigenvalue weighted by Gasteiger charge is 2.25. The van der Waals surface area contributed by atoms with Gasteiger partial charge in [-0.3, -0.25) is 9.59 Å². The number of ether oxygens (including phenoxy) is 1. The Morgan fingerprint density at radius 3 is 2.48 bits per heavy atom. The average molecular weight is 428 g/mol. The van der Waals surface area contributed by atoms with E-state index < -0.39 is 0 Å². The van der Waals surface area contributed by atoms with Crippen LogP contribution >= 0.6 is 0 Å². The van der Waals surface area contributed by atoms with E-state index in [1.54, 1.807) is 11.0 Å². The normalized spacial score (nSPS) is 15.9. The van der Waals surface area contributed by atoms with Crippen molar-refractivity contribution in [1.29, 1.82) is 0 Å². The Labute approximate surface area is 184 Å². The maximum absolute atomic E-state index is 13.1. The van der Waals surface area contributed by atoms with E-state index in [4.69, 9.17) is 9.15 Å². The van der Waals surface area contributed by atoms with E-state index in [9.17, 15) is 9.59 Å². The van der Waals surface area contributed by atoms with Crippen molar-refractivity contribution >= 4 is 11.8 Å². The van der Waals surface area contributed by atoms with Crippen molar-refractivity contribution < 1.29 is 18.7 Å². The summed E-state index contributed by atoms with van der Waals surface area (Å²) in [4.78, 5) is 31.8. The molecule has 1 saturated heterocycles. The number of nitrogens with zero attached hydrogens (tertiary/aromatic N) is 3. The summed E-state index contributed by atoms with van der Waals surface area (Å²) < 4.78 is 10.8. The zero-order valence-electron chi connectivity index (χ0n) is 18.5. The highest BCUT2D eigenvalue weighted by molar-refractivity contribution is 5.94. The third-order valence-corrected chi connectivity index (χ3v) is 5.49. The third kappa shape index (κ3) is 7.22. The summed E-state index contributed by atoms with van der Waals surface area (Å²) in [6, 6.07) is 11.7. The van der Waals surface area contributed by atoms with Gasteiger partial charge in [0.1, 0.15) is 6.26 Å². The van der Waals surface area contributed by atoms with E-state index in [1.165, 1.54) is 12.5 Å². The number of likely N-dealkylation sites (N-methyl/N-ethyl adjacent to an activating group) is 1. The van der Waals surface area contributed by atoms with Crippen LogP contribution in [0, 0.1) is 0 Å². The van der Waals surface area contributed by atoms with E-state index in [-0.39, 0.29) is 24.3 Å². The first-order chi connectivity index (χ1) is 15.0. The third-order valence-electron chi connectivity index (χ3n) is 5.49. The summed E-state index contributed by atoms with van der Waals surface area (Å²) in [7, 11) is 4.00. The summed E-state index contributed by atoms with van der Waals surface area (Å²) in [6.45, 7) is 3.57. The fourth-order valence-corrected chi connectivity index (χ4v) is 3.68. The quantitative estimate of drug-likeness (QED) is 0.552. The molecule has 1 aromatic heterocycles. The van der Waals surface area contributed by atoms with Gasteiger partial charge in [-0.15, -0.1) is 0 Å². The van der Waals surface area contributed by atoms with E-state index in [2.05, 4.69) is 4.90 Å². The van der Waals surface area contributed by atoms with Crippen molar-refractivity contribution in [2.45, 2.75) is 31.9 Å². The average Bonchev–Trinajstić information content (AvgIpc) is 3.48. The van der Waals surface area contributed by atoms with Crippen LogP contribution < -0.4 is 0 Å². The molecule has 1 atom stereocenters. The van der Waals surface area contributed by atoms with Crippen molar-refractivity contribution in [3.63, 3.8) is 0 Å². The number of carbonyl (C=O) groups excluding carboxylic acids is 2. The molecule has 7 heteroatoms. The van der Waals surface area contributed by atoms with Crippen LogP contribution in [0.3, 0.4) is 0 Å². The van der Waals surface area contributed by atoms with Gasteiger partial charge in [-0.25, -0.2) is 0 Å². The largest absolute Gasteiger partial charge is 0.472 e. The maximum Gasteiger partial charge on any atom is 0.257 e. The number of carbonyl (C=O) groups is 2. The zero-order chi connectivity index (χ0) is 22.1. The molecule has 2 heterocycles. The second kappa shape index (κ2) is 11.7. The predicted molar refractivity (Wildman–Crippen MR) is 119 cm³/mol. The molecule has 2 amide bonds. The fraction of sp³-hybridized carbons (Fsp3) is 0.500. The molecule has 168 valence electrons. The van der Waals surface area contributed by atoms with Crippen LogP contribution in [-0.4, -0.2) is 79.5 Å². The first-order valence-corrected chi connectivity index (χ1v) is 10.9. The molecule has 31 heavy (non-hydrogen) atoms. The van der Waals surface area contributed by atoms with Gasteiger partial charge < -0.3 is 23.9 Å². The number of hydrogen-bond acceptors (Lipinski definition) is 5. The van der Waals surface area contributed by atoms with Crippen LogP contribution in [0.15, 0.2) is 53.3 Å². The molecule has 2 aromatic rings. The van der Waals surface area contributed by atoms with Crippen molar-refractivity contribution in [3.05, 3.63) is 60.1 Å². The summed E-state index contributed by atoms with van der Waals surface area (Å²) in [5.74, 6) is -0.0806. The molecule has 1 aliphatic heterocycles. The Kier molecular flexibility index (Phi) is 8.67. The van der Waals surface area contributed by atoms with E-state index in [1.807, 2.05) is 49.3 Å². The molecule has 0 unspecified atom stereocenters. The van der Waals surface area contributed by atoms with Crippen LogP contribution in [0.5, 0.6) is 0 Å². The van der Waals surface area contributed by atoms with Gasteiger partial charge in [0.25, 0.3) is 5.91 Å². The summed E-state index contributed by atoms with van der Waals surface area (Å²) in [5.41, 5.74) is 1.60. The molecule has 0 N–H and O–H groups in total. The Balaban J connectivity index is 1.64. The summed E-state index contributed by atoms with van der Waals surface area (Å²) in [5, 5.41) is 0. The van der Waals surface area contributed by atoms with Gasteiger partial charge in [0.2, 0.25) is 5.91 Å². The van der Waals surface area contributed by atoms with Crippen LogP contribution in [0.4, 0.5) is 0 Å². The number of benzene rings is 1. The van der Waals surface area contributed by atoms with Gasteiger partial charge in [0.05, 0.1) is 17.9 Å². The number of hydrogen-bond donors (Lipinski definition) is 0. The lowest BCUT2D eigenvalue weighted by Gasteiger charge is -2.28. The first-order valence-electron chi connectivity index (χ1n) is 10.9. The van der Waals surface area contributed by atoms with Gasteiger partial charge in [-0.2, -0.15) is 0 Å². The van der Waals surface area contributed by atoms with E-state index in [0.717, 1.165) is 31.6 Å². The van der Waals surface area contributed by atoms with Gasteiger partial charge in [0, 0.05) is 45.8 Å². The zero-order valence-corrected chi connectivity index (χ0v) is 18.5. The second-order valence-corrected chi connectivity index (χ2v) is 8.25. The number of amides is 2. The molecule has 1 fully saturated rings. The van der Waals surface area contributed by atoms with Gasteiger partial charge in [-0.1, -0.05) is 30.3 Å². The molecule has 0 aliphatic carbocycles. The molecule has 0 saturated carbocycles. The minimum Gasteiger partial charge on any atom is -0.472 e. The second-order valence-electron chi connectivity index (χ2n) is 8.25. The molecule has 0 spiro atoms. The lowest BCUT2D eigenvalue weighted by atomic mass is 10.2. The SMILES string of the molecule is CN(C)CCN(Cc1ccccc1)C(=O)CCN(C[C@@H]1CCCO1)C(=O)c1ccoc1. The van der Waals surface area contributed by atoms with Crippen LogP contribution in [0.2, 0.25) is 0 Å². The highest BCUT2D eigenvalue weighted by atomic mass is 16.5. The Hall–Kier alpha value is -2.64. The highest BCUT2D eigenvalue weighted by Crippen LogP contribution is 2.16. The maximum atomic E-state index is 13.1. The van der Waals surface area contributed by atoms with Crippen LogP contribution in [-0.2, 0) is 16.1 Å². The van der Waals surface area contributed by atoms with Crippen molar-refractivity contribution in [2.75, 3.05) is 46.9 Å². The minimum atomic E-state index is -0.125. The van der Waals surface area contributed by atoms with Crippen molar-refractivity contribution in [1.82, 2.24) is 14.7 Å². The Bertz CT molecular complexity index is 801. The Morgan fingerprint density at radius 2 is 1.84 bits per heavy atom. The molecular weight excluding hydrogens is 394 g/mol. The van der Waals surface area contributed by atoms with Gasteiger partial charge in [-0.05, 0) is 38.6 Å². The molecule has 0 radical (unpaired) electrons. The van der Waals surface area contributed by atoms with Gasteiger partial charge >= 0.3 is 0 Å². The summed E-state index contributed by atoms with van der Waals surface area (Å²) in [6.07, 6.45) is 5.19. The lowest BCUT2D eigenvalue weighted by Crippen LogP contribution is -2.41. The molecule has 7 nitrogen and oxygen atoms in total. The van der Waals surface area contributed by atoms with E-state index in [0.29, 0.717) is 31.7 Å². The van der Waals surface area contributed by atoms with E-state index >= 15 is 0 Å². The minimum absolute atomic E-state index is 0.0279. The summed E-state index contributed by atoms with van der Waals surface area (Å²) >= 11 is 0. The van der Waals surface area contributed by atoms with Crippen LogP contribution in [0.25, 0.3) is 0 Å². The van der Waals surface area contributed by atoms with Crippen molar-refractivity contribution in [3.8, 4) is 0 Å². The smallest absolute Gasteiger partial charge is 0.257 e. The van der Waals surface area contributed by atoms with Gasteiger partial charge in [0.15, 0.2) is 0 Å². The fourth-order valence-electron chi connectivity index (χ4n) is 3.68. The molecule has 1 aromatic carbocycles. The lowest BCUT2D eigenvalue weighted by molar-refractivity contribution is -0.132. The number of furan rings is 1.